The normalized spacial score (nSPS) is 10.0. The molecule has 0 aliphatic rings. The van der Waals surface area contributed by atoms with Gasteiger partial charge >= 0.3 is 5.69 Å². The van der Waals surface area contributed by atoms with Gasteiger partial charge in [0.15, 0.2) is 0 Å². The molecule has 21 heavy (non-hydrogen) atoms. The average Bonchev–Trinajstić information content (AvgIpc) is 2.48. The standard InChI is InChI=1S/C14H12FN3O3/c1-16-12-4-2-3-11(13(12)18(20)21)14(19)17-10-7-5-9(15)6-8-10/h2-8,16H,1H3,(H,17,19). The number of amides is 1. The van der Waals surface area contributed by atoms with Crippen LogP contribution >= 0.6 is 0 Å². The van der Waals surface area contributed by atoms with E-state index >= 15 is 0 Å². The van der Waals surface area contributed by atoms with Crippen molar-refractivity contribution in [2.45, 2.75) is 0 Å². The Morgan fingerprint density at radius 3 is 2.43 bits per heavy atom. The minimum Gasteiger partial charge on any atom is -0.383 e. The van der Waals surface area contributed by atoms with Gasteiger partial charge in [-0.15, -0.1) is 0 Å². The number of nitro benzene ring substituents is 1. The van der Waals surface area contributed by atoms with Crippen molar-refractivity contribution >= 4 is 23.0 Å². The quantitative estimate of drug-likeness (QED) is 0.669. The second-order valence-corrected chi connectivity index (χ2v) is 4.17. The Labute approximate surface area is 119 Å². The molecule has 1 amide bonds. The summed E-state index contributed by atoms with van der Waals surface area (Å²) in [6.45, 7) is 0. The lowest BCUT2D eigenvalue weighted by Crippen LogP contribution is -2.14. The number of halogens is 1. The fourth-order valence-electron chi connectivity index (χ4n) is 1.86. The number of para-hydroxylation sites is 1. The molecule has 108 valence electrons. The summed E-state index contributed by atoms with van der Waals surface area (Å²) in [5, 5.41) is 16.3. The van der Waals surface area contributed by atoms with Crippen molar-refractivity contribution in [2.75, 3.05) is 17.7 Å². The second-order valence-electron chi connectivity index (χ2n) is 4.17. The van der Waals surface area contributed by atoms with Gasteiger partial charge in [-0.2, -0.15) is 0 Å². The van der Waals surface area contributed by atoms with Gasteiger partial charge in [0, 0.05) is 12.7 Å². The van der Waals surface area contributed by atoms with E-state index in [0.717, 1.165) is 0 Å². The van der Waals surface area contributed by atoms with Gasteiger partial charge in [-0.05, 0) is 36.4 Å². The van der Waals surface area contributed by atoms with Gasteiger partial charge in [-0.3, -0.25) is 14.9 Å². The minimum atomic E-state index is -0.634. The zero-order valence-electron chi connectivity index (χ0n) is 11.1. The summed E-state index contributed by atoms with van der Waals surface area (Å²) in [5.74, 6) is -1.07. The number of carbonyl (C=O) groups excluding carboxylic acids is 1. The molecule has 0 aliphatic heterocycles. The van der Waals surface area contributed by atoms with E-state index in [-0.39, 0.29) is 16.9 Å². The van der Waals surface area contributed by atoms with E-state index in [1.165, 1.54) is 43.4 Å². The lowest BCUT2D eigenvalue weighted by atomic mass is 10.1. The van der Waals surface area contributed by atoms with Crippen LogP contribution in [-0.2, 0) is 0 Å². The molecule has 0 fully saturated rings. The highest BCUT2D eigenvalue weighted by Gasteiger charge is 2.23. The molecule has 2 aromatic carbocycles. The lowest BCUT2D eigenvalue weighted by Gasteiger charge is -2.08. The molecule has 0 bridgehead atoms. The summed E-state index contributed by atoms with van der Waals surface area (Å²) in [7, 11) is 1.53. The molecule has 0 unspecified atom stereocenters. The van der Waals surface area contributed by atoms with Crippen LogP contribution in [0.25, 0.3) is 0 Å². The van der Waals surface area contributed by atoms with Crippen molar-refractivity contribution < 1.29 is 14.1 Å². The van der Waals surface area contributed by atoms with E-state index in [0.29, 0.717) is 5.69 Å². The van der Waals surface area contributed by atoms with Crippen LogP contribution in [0.5, 0.6) is 0 Å². The third-order valence-corrected chi connectivity index (χ3v) is 2.83. The molecule has 0 atom stereocenters. The summed E-state index contributed by atoms with van der Waals surface area (Å²) in [4.78, 5) is 22.7. The maximum Gasteiger partial charge on any atom is 0.305 e. The van der Waals surface area contributed by atoms with Gasteiger partial charge in [-0.1, -0.05) is 6.07 Å². The van der Waals surface area contributed by atoms with E-state index < -0.39 is 16.6 Å². The first kappa shape index (κ1) is 14.4. The Morgan fingerprint density at radius 1 is 1.19 bits per heavy atom. The first-order valence-electron chi connectivity index (χ1n) is 6.05. The van der Waals surface area contributed by atoms with Crippen LogP contribution in [0.3, 0.4) is 0 Å². The molecule has 6 nitrogen and oxygen atoms in total. The predicted octanol–water partition coefficient (Wildman–Crippen LogP) is 3.03. The fourth-order valence-corrected chi connectivity index (χ4v) is 1.86. The summed E-state index contributed by atoms with van der Waals surface area (Å²) in [5.41, 5.74) is 0.216. The van der Waals surface area contributed by atoms with E-state index in [1.54, 1.807) is 6.07 Å². The van der Waals surface area contributed by atoms with E-state index in [2.05, 4.69) is 10.6 Å². The van der Waals surface area contributed by atoms with Gasteiger partial charge in [0.05, 0.1) is 4.92 Å². The molecule has 0 saturated carbocycles. The fraction of sp³-hybridized carbons (Fsp3) is 0.0714. The monoisotopic (exact) mass is 289 g/mol. The maximum absolute atomic E-state index is 12.8. The number of nitrogens with zero attached hydrogens (tertiary/aromatic N) is 1. The first-order chi connectivity index (χ1) is 10.0. The number of carbonyl (C=O) groups is 1. The molecular formula is C14H12FN3O3. The van der Waals surface area contributed by atoms with Crippen LogP contribution in [0.15, 0.2) is 42.5 Å². The molecule has 0 aliphatic carbocycles. The molecular weight excluding hydrogens is 277 g/mol. The van der Waals surface area contributed by atoms with Crippen molar-refractivity contribution in [3.8, 4) is 0 Å². The highest BCUT2D eigenvalue weighted by atomic mass is 19.1. The number of benzene rings is 2. The van der Waals surface area contributed by atoms with Crippen LogP contribution in [0, 0.1) is 15.9 Å². The zero-order chi connectivity index (χ0) is 15.4. The third kappa shape index (κ3) is 3.14. The summed E-state index contributed by atoms with van der Waals surface area (Å²) in [6.07, 6.45) is 0. The van der Waals surface area contributed by atoms with E-state index in [4.69, 9.17) is 0 Å². The van der Waals surface area contributed by atoms with E-state index in [1.807, 2.05) is 0 Å². The first-order valence-corrected chi connectivity index (χ1v) is 6.05. The number of anilines is 2. The van der Waals surface area contributed by atoms with Crippen molar-refractivity contribution in [3.05, 3.63) is 64.0 Å². The highest BCUT2D eigenvalue weighted by Crippen LogP contribution is 2.28. The largest absolute Gasteiger partial charge is 0.383 e. The van der Waals surface area contributed by atoms with Crippen molar-refractivity contribution in [2.24, 2.45) is 0 Å². The Bertz CT molecular complexity index is 686. The number of rotatable bonds is 4. The minimum absolute atomic E-state index is 0.0730. The third-order valence-electron chi connectivity index (χ3n) is 2.83. The summed E-state index contributed by atoms with van der Waals surface area (Å²) >= 11 is 0. The SMILES string of the molecule is CNc1cccc(C(=O)Nc2ccc(F)cc2)c1[N+](=O)[O-]. The van der Waals surface area contributed by atoms with Gasteiger partial charge in [0.25, 0.3) is 5.91 Å². The van der Waals surface area contributed by atoms with Crippen LogP contribution in [0.2, 0.25) is 0 Å². The van der Waals surface area contributed by atoms with Gasteiger partial charge < -0.3 is 10.6 Å². The Kier molecular flexibility index (Phi) is 4.13. The summed E-state index contributed by atoms with van der Waals surface area (Å²) in [6, 6.07) is 9.53. The molecule has 7 heteroatoms. The topological polar surface area (TPSA) is 84.3 Å². The van der Waals surface area contributed by atoms with Crippen molar-refractivity contribution in [1.29, 1.82) is 0 Å². The molecule has 0 radical (unpaired) electrons. The molecule has 2 rings (SSSR count). The van der Waals surface area contributed by atoms with Crippen LogP contribution in [0.4, 0.5) is 21.5 Å². The Morgan fingerprint density at radius 2 is 1.86 bits per heavy atom. The number of hydrogen-bond acceptors (Lipinski definition) is 4. The molecule has 0 saturated heterocycles. The number of hydrogen-bond donors (Lipinski definition) is 2. The number of nitrogens with one attached hydrogen (secondary N) is 2. The Balaban J connectivity index is 2.35. The molecule has 2 aromatic rings. The van der Waals surface area contributed by atoms with Gasteiger partial charge in [-0.25, -0.2) is 4.39 Å². The maximum atomic E-state index is 12.8. The summed E-state index contributed by atoms with van der Waals surface area (Å²) < 4.78 is 12.8. The highest BCUT2D eigenvalue weighted by molar-refractivity contribution is 6.08. The lowest BCUT2D eigenvalue weighted by molar-refractivity contribution is -0.384. The smallest absolute Gasteiger partial charge is 0.305 e. The predicted molar refractivity (Wildman–Crippen MR) is 77.0 cm³/mol. The second kappa shape index (κ2) is 6.00. The van der Waals surface area contributed by atoms with Crippen molar-refractivity contribution in [3.63, 3.8) is 0 Å². The molecule has 0 spiro atoms. The molecule has 0 heterocycles. The molecule has 0 aromatic heterocycles. The van der Waals surface area contributed by atoms with Gasteiger partial charge in [0.2, 0.25) is 0 Å². The van der Waals surface area contributed by atoms with Gasteiger partial charge in [0.1, 0.15) is 17.1 Å². The van der Waals surface area contributed by atoms with E-state index in [9.17, 15) is 19.3 Å². The number of nitro groups is 1. The Hall–Kier alpha value is -2.96. The van der Waals surface area contributed by atoms with Crippen molar-refractivity contribution in [1.82, 2.24) is 0 Å². The van der Waals surface area contributed by atoms with Crippen LogP contribution < -0.4 is 10.6 Å². The zero-order valence-corrected chi connectivity index (χ0v) is 11.1. The molecule has 2 N–H and O–H groups in total. The van der Waals surface area contributed by atoms with Crippen LogP contribution in [0.1, 0.15) is 10.4 Å². The van der Waals surface area contributed by atoms with Crippen LogP contribution in [-0.4, -0.2) is 17.9 Å². The average molecular weight is 289 g/mol.